The average molecular weight is 304 g/mol. The summed E-state index contributed by atoms with van der Waals surface area (Å²) >= 11 is 1.52. The van der Waals surface area contributed by atoms with Crippen LogP contribution in [0.5, 0.6) is 0 Å². The third-order valence-electron chi connectivity index (χ3n) is 3.85. The molecule has 2 aliphatic heterocycles. The van der Waals surface area contributed by atoms with E-state index in [1.165, 1.54) is 16.7 Å². The van der Waals surface area contributed by atoms with Crippen LogP contribution in [0.3, 0.4) is 0 Å². The maximum atomic E-state index is 12.7. The molecule has 2 unspecified atom stereocenters. The monoisotopic (exact) mass is 304 g/mol. The summed E-state index contributed by atoms with van der Waals surface area (Å²) in [5, 5.41) is 2.05. The molecule has 2 atom stereocenters. The van der Waals surface area contributed by atoms with Gasteiger partial charge in [-0.1, -0.05) is 25.1 Å². The van der Waals surface area contributed by atoms with Crippen molar-refractivity contribution in [1.82, 2.24) is 10.2 Å². The minimum absolute atomic E-state index is 0.0313. The molecule has 0 aromatic heterocycles. The molecule has 0 saturated carbocycles. The van der Waals surface area contributed by atoms with Gasteiger partial charge in [0.2, 0.25) is 17.7 Å². The van der Waals surface area contributed by atoms with Gasteiger partial charge in [0.15, 0.2) is 0 Å². The van der Waals surface area contributed by atoms with Crippen molar-refractivity contribution in [2.75, 3.05) is 6.54 Å². The molecule has 1 aromatic rings. The fourth-order valence-electron chi connectivity index (χ4n) is 2.81. The lowest BCUT2D eigenvalue weighted by molar-refractivity contribution is -0.149. The van der Waals surface area contributed by atoms with E-state index in [1.54, 1.807) is 0 Å². The molecular weight excluding hydrogens is 288 g/mol. The number of carbonyl (C=O) groups is 3. The van der Waals surface area contributed by atoms with E-state index in [4.69, 9.17) is 0 Å². The van der Waals surface area contributed by atoms with Gasteiger partial charge in [0.1, 0.15) is 12.6 Å². The summed E-state index contributed by atoms with van der Waals surface area (Å²) in [6.45, 7) is 1.81. The molecule has 2 heterocycles. The molecule has 21 heavy (non-hydrogen) atoms. The second kappa shape index (κ2) is 5.52. The summed E-state index contributed by atoms with van der Waals surface area (Å²) in [7, 11) is 0. The SMILES string of the molecule is CCC1C(=O)NC(=O)CN1C(=O)C1Cc2ccccc2S1. The normalized spacial score (nSPS) is 24.7. The molecule has 0 radical (unpaired) electrons. The topological polar surface area (TPSA) is 66.5 Å². The van der Waals surface area contributed by atoms with Gasteiger partial charge in [0.05, 0.1) is 5.25 Å². The molecule has 0 spiro atoms. The molecule has 1 aromatic carbocycles. The summed E-state index contributed by atoms with van der Waals surface area (Å²) < 4.78 is 0. The van der Waals surface area contributed by atoms with Crippen LogP contribution in [0.15, 0.2) is 29.2 Å². The van der Waals surface area contributed by atoms with Crippen molar-refractivity contribution in [1.29, 1.82) is 0 Å². The number of imide groups is 1. The fraction of sp³-hybridized carbons (Fsp3) is 0.400. The maximum Gasteiger partial charge on any atom is 0.249 e. The molecule has 6 heteroatoms. The van der Waals surface area contributed by atoms with Crippen molar-refractivity contribution in [3.8, 4) is 0 Å². The fourth-order valence-corrected chi connectivity index (χ4v) is 4.07. The Morgan fingerprint density at radius 3 is 2.86 bits per heavy atom. The second-order valence-corrected chi connectivity index (χ2v) is 6.47. The van der Waals surface area contributed by atoms with E-state index >= 15 is 0 Å². The first kappa shape index (κ1) is 14.1. The van der Waals surface area contributed by atoms with Gasteiger partial charge in [0, 0.05) is 4.90 Å². The number of nitrogens with one attached hydrogen (secondary N) is 1. The highest BCUT2D eigenvalue weighted by atomic mass is 32.2. The maximum absolute atomic E-state index is 12.7. The highest BCUT2D eigenvalue weighted by Gasteiger charge is 2.40. The predicted octanol–water partition coefficient (Wildman–Crippen LogP) is 0.967. The van der Waals surface area contributed by atoms with Gasteiger partial charge in [-0.25, -0.2) is 0 Å². The first-order valence-electron chi connectivity index (χ1n) is 6.99. The third-order valence-corrected chi connectivity index (χ3v) is 5.15. The Kier molecular flexibility index (Phi) is 3.71. The summed E-state index contributed by atoms with van der Waals surface area (Å²) in [5.74, 6) is -0.896. The summed E-state index contributed by atoms with van der Waals surface area (Å²) in [6.07, 6.45) is 1.16. The van der Waals surface area contributed by atoms with Crippen LogP contribution in [0.1, 0.15) is 18.9 Å². The quantitative estimate of drug-likeness (QED) is 0.827. The molecule has 0 bridgehead atoms. The number of thioether (sulfide) groups is 1. The minimum Gasteiger partial charge on any atom is -0.320 e. The number of fused-ring (bicyclic) bond motifs is 1. The Balaban J connectivity index is 1.79. The zero-order valence-corrected chi connectivity index (χ0v) is 12.5. The van der Waals surface area contributed by atoms with Crippen LogP contribution in [-0.2, 0) is 20.8 Å². The van der Waals surface area contributed by atoms with E-state index in [2.05, 4.69) is 5.32 Å². The summed E-state index contributed by atoms with van der Waals surface area (Å²) in [6, 6.07) is 7.38. The Bertz CT molecular complexity index is 592. The van der Waals surface area contributed by atoms with Gasteiger partial charge in [-0.05, 0) is 24.5 Å². The number of rotatable bonds is 2. The number of hydrogen-bond acceptors (Lipinski definition) is 4. The van der Waals surface area contributed by atoms with Gasteiger partial charge in [-0.2, -0.15) is 0 Å². The highest BCUT2D eigenvalue weighted by Crippen LogP contribution is 2.38. The zero-order chi connectivity index (χ0) is 15.0. The van der Waals surface area contributed by atoms with E-state index in [-0.39, 0.29) is 23.6 Å². The molecule has 1 fully saturated rings. The molecule has 3 amide bonds. The van der Waals surface area contributed by atoms with Crippen LogP contribution in [0, 0.1) is 0 Å². The van der Waals surface area contributed by atoms with Crippen LogP contribution in [-0.4, -0.2) is 40.5 Å². The van der Waals surface area contributed by atoms with Crippen LogP contribution in [0.4, 0.5) is 0 Å². The van der Waals surface area contributed by atoms with Crippen molar-refractivity contribution < 1.29 is 14.4 Å². The zero-order valence-electron chi connectivity index (χ0n) is 11.7. The summed E-state index contributed by atoms with van der Waals surface area (Å²) in [5.41, 5.74) is 1.15. The van der Waals surface area contributed by atoms with E-state index < -0.39 is 11.9 Å². The third kappa shape index (κ3) is 2.55. The van der Waals surface area contributed by atoms with E-state index in [0.29, 0.717) is 12.8 Å². The van der Waals surface area contributed by atoms with Crippen molar-refractivity contribution in [2.45, 2.75) is 36.0 Å². The van der Waals surface area contributed by atoms with Crippen LogP contribution in [0.2, 0.25) is 0 Å². The van der Waals surface area contributed by atoms with Crippen molar-refractivity contribution >= 4 is 29.5 Å². The Labute approximate surface area is 127 Å². The Hall–Kier alpha value is -1.82. The van der Waals surface area contributed by atoms with Crippen molar-refractivity contribution in [2.24, 2.45) is 0 Å². The van der Waals surface area contributed by atoms with E-state index in [9.17, 15) is 14.4 Å². The molecular formula is C15H16N2O3S. The number of hydrogen-bond donors (Lipinski definition) is 1. The molecule has 5 nitrogen and oxygen atoms in total. The molecule has 1 N–H and O–H groups in total. The molecule has 0 aliphatic carbocycles. The Morgan fingerprint density at radius 1 is 1.38 bits per heavy atom. The number of amides is 3. The first-order valence-corrected chi connectivity index (χ1v) is 7.87. The van der Waals surface area contributed by atoms with Gasteiger partial charge < -0.3 is 4.90 Å². The van der Waals surface area contributed by atoms with Crippen LogP contribution < -0.4 is 5.32 Å². The van der Waals surface area contributed by atoms with Crippen LogP contribution in [0.25, 0.3) is 0 Å². The molecule has 3 rings (SSSR count). The van der Waals surface area contributed by atoms with Crippen molar-refractivity contribution in [3.05, 3.63) is 29.8 Å². The van der Waals surface area contributed by atoms with Crippen molar-refractivity contribution in [3.63, 3.8) is 0 Å². The molecule has 2 aliphatic rings. The van der Waals surface area contributed by atoms with Gasteiger partial charge >= 0.3 is 0 Å². The van der Waals surface area contributed by atoms with Gasteiger partial charge in [-0.3, -0.25) is 19.7 Å². The lowest BCUT2D eigenvalue weighted by Crippen LogP contribution is -2.60. The van der Waals surface area contributed by atoms with Gasteiger partial charge in [-0.15, -0.1) is 11.8 Å². The van der Waals surface area contributed by atoms with E-state index in [0.717, 1.165) is 10.5 Å². The number of benzene rings is 1. The standard InChI is InChI=1S/C15H16N2O3S/c1-2-10-14(19)16-13(18)8-17(10)15(20)12-7-9-5-3-4-6-11(9)21-12/h3-6,10,12H,2,7-8H2,1H3,(H,16,18,19). The van der Waals surface area contributed by atoms with Crippen LogP contribution >= 0.6 is 11.8 Å². The number of piperazine rings is 1. The second-order valence-electron chi connectivity index (χ2n) is 5.22. The lowest BCUT2D eigenvalue weighted by atomic mass is 10.1. The average Bonchev–Trinajstić information content (AvgIpc) is 2.89. The van der Waals surface area contributed by atoms with Gasteiger partial charge in [0.25, 0.3) is 0 Å². The highest BCUT2D eigenvalue weighted by molar-refractivity contribution is 8.01. The predicted molar refractivity (Wildman–Crippen MR) is 78.7 cm³/mol. The number of carbonyl (C=O) groups excluding carboxylic acids is 3. The largest absolute Gasteiger partial charge is 0.320 e. The summed E-state index contributed by atoms with van der Waals surface area (Å²) in [4.78, 5) is 38.6. The minimum atomic E-state index is -0.542. The molecule has 1 saturated heterocycles. The Morgan fingerprint density at radius 2 is 2.14 bits per heavy atom. The molecule has 110 valence electrons. The lowest BCUT2D eigenvalue weighted by Gasteiger charge is -2.34. The number of nitrogens with zero attached hydrogens (tertiary/aromatic N) is 1. The smallest absolute Gasteiger partial charge is 0.249 e. The van der Waals surface area contributed by atoms with E-state index in [1.807, 2.05) is 31.2 Å². The first-order chi connectivity index (χ1) is 10.1.